The maximum atomic E-state index is 11.3. The number of nitrogens with zero attached hydrogens (tertiary/aromatic N) is 3. The predicted molar refractivity (Wildman–Crippen MR) is 52.8 cm³/mol. The highest BCUT2D eigenvalue weighted by Crippen LogP contribution is 2.19. The molecule has 70 valence electrons. The third-order valence-corrected chi connectivity index (χ3v) is 1.48. The molecule has 0 unspecified atom stereocenters. The molecule has 1 heterocycles. The number of hydrogen-bond acceptors (Lipinski definition) is 5. The maximum absolute atomic E-state index is 11.3. The standard InChI is InChI=1S/C7H11N5O/c1-9-4-5(12(2)3)10-7(8)11-6(4)13/h1H2,2-3H3,(H3,8,10,11,13). The normalized spacial score (nSPS) is 9.69. The van der Waals surface area contributed by atoms with Gasteiger partial charge in [0.1, 0.15) is 0 Å². The number of hydrogen-bond donors (Lipinski definition) is 2. The van der Waals surface area contributed by atoms with E-state index in [4.69, 9.17) is 5.73 Å². The molecule has 0 aliphatic rings. The Balaban J connectivity index is 3.47. The van der Waals surface area contributed by atoms with Gasteiger partial charge in [-0.05, 0) is 6.72 Å². The van der Waals surface area contributed by atoms with E-state index in [1.165, 1.54) is 0 Å². The lowest BCUT2D eigenvalue weighted by Gasteiger charge is -2.12. The molecule has 0 saturated carbocycles. The minimum Gasteiger partial charge on any atom is -0.369 e. The summed E-state index contributed by atoms with van der Waals surface area (Å²) in [6.45, 7) is 3.29. The van der Waals surface area contributed by atoms with E-state index in [1.807, 2.05) is 0 Å². The Labute approximate surface area is 75.1 Å². The molecule has 1 aromatic heterocycles. The Morgan fingerprint density at radius 2 is 2.23 bits per heavy atom. The van der Waals surface area contributed by atoms with Gasteiger partial charge in [0.2, 0.25) is 5.95 Å². The number of nitrogens with two attached hydrogens (primary N) is 1. The topological polar surface area (TPSA) is 87.4 Å². The van der Waals surface area contributed by atoms with E-state index in [1.54, 1.807) is 19.0 Å². The molecular weight excluding hydrogens is 170 g/mol. The maximum Gasteiger partial charge on any atom is 0.280 e. The number of aromatic nitrogens is 2. The van der Waals surface area contributed by atoms with Gasteiger partial charge < -0.3 is 10.6 Å². The molecule has 0 amide bonds. The minimum atomic E-state index is -0.383. The number of nitrogen functional groups attached to an aromatic ring is 1. The van der Waals surface area contributed by atoms with Gasteiger partial charge in [-0.2, -0.15) is 4.98 Å². The molecule has 6 nitrogen and oxygen atoms in total. The highest BCUT2D eigenvalue weighted by molar-refractivity contribution is 5.64. The Morgan fingerprint density at radius 1 is 1.62 bits per heavy atom. The van der Waals surface area contributed by atoms with Gasteiger partial charge in [0.15, 0.2) is 11.5 Å². The molecule has 13 heavy (non-hydrogen) atoms. The molecule has 0 atom stereocenters. The van der Waals surface area contributed by atoms with E-state index < -0.39 is 0 Å². The van der Waals surface area contributed by atoms with Gasteiger partial charge in [-0.3, -0.25) is 14.8 Å². The van der Waals surface area contributed by atoms with E-state index in [2.05, 4.69) is 21.7 Å². The smallest absolute Gasteiger partial charge is 0.280 e. The van der Waals surface area contributed by atoms with Crippen LogP contribution in [0.3, 0.4) is 0 Å². The second-order valence-corrected chi connectivity index (χ2v) is 2.68. The van der Waals surface area contributed by atoms with Gasteiger partial charge >= 0.3 is 0 Å². The van der Waals surface area contributed by atoms with Gasteiger partial charge in [-0.15, -0.1) is 0 Å². The number of nitrogens with one attached hydrogen (secondary N) is 1. The van der Waals surface area contributed by atoms with Gasteiger partial charge in [0.25, 0.3) is 5.56 Å². The fourth-order valence-corrected chi connectivity index (χ4v) is 0.926. The van der Waals surface area contributed by atoms with Crippen molar-refractivity contribution < 1.29 is 0 Å². The van der Waals surface area contributed by atoms with Gasteiger partial charge in [-0.25, -0.2) is 0 Å². The number of rotatable bonds is 2. The van der Waals surface area contributed by atoms with Crippen LogP contribution in [0.4, 0.5) is 17.5 Å². The lowest BCUT2D eigenvalue weighted by Crippen LogP contribution is -2.18. The van der Waals surface area contributed by atoms with Gasteiger partial charge in [0.05, 0.1) is 0 Å². The second kappa shape index (κ2) is 3.26. The van der Waals surface area contributed by atoms with Gasteiger partial charge in [-0.1, -0.05) is 0 Å². The van der Waals surface area contributed by atoms with Crippen molar-refractivity contribution in [1.82, 2.24) is 9.97 Å². The highest BCUT2D eigenvalue weighted by atomic mass is 16.1. The second-order valence-electron chi connectivity index (χ2n) is 2.68. The zero-order chi connectivity index (χ0) is 10.0. The van der Waals surface area contributed by atoms with Crippen LogP contribution in [-0.2, 0) is 0 Å². The van der Waals surface area contributed by atoms with Crippen LogP contribution in [0.25, 0.3) is 0 Å². The first kappa shape index (κ1) is 9.24. The zero-order valence-corrected chi connectivity index (χ0v) is 7.53. The summed E-state index contributed by atoms with van der Waals surface area (Å²) in [6, 6.07) is 0. The molecule has 0 aliphatic carbocycles. The zero-order valence-electron chi connectivity index (χ0n) is 7.53. The molecule has 0 radical (unpaired) electrons. The summed E-state index contributed by atoms with van der Waals surface area (Å²) in [5.41, 5.74) is 5.16. The molecule has 0 fully saturated rings. The van der Waals surface area contributed by atoms with Crippen molar-refractivity contribution in [3.8, 4) is 0 Å². The first-order chi connectivity index (χ1) is 6.06. The minimum absolute atomic E-state index is 0.0705. The molecule has 1 aromatic rings. The molecule has 0 saturated heterocycles. The number of aromatic amines is 1. The van der Waals surface area contributed by atoms with E-state index >= 15 is 0 Å². The number of H-pyrrole nitrogens is 1. The average molecular weight is 181 g/mol. The number of aliphatic imine (C=N–C) groups is 1. The van der Waals surface area contributed by atoms with Crippen molar-refractivity contribution in [2.24, 2.45) is 4.99 Å². The van der Waals surface area contributed by atoms with Crippen LogP contribution in [0.1, 0.15) is 0 Å². The van der Waals surface area contributed by atoms with Crippen LogP contribution in [-0.4, -0.2) is 30.8 Å². The Bertz CT molecular complexity index is 381. The van der Waals surface area contributed by atoms with E-state index in [-0.39, 0.29) is 17.2 Å². The molecule has 0 spiro atoms. The van der Waals surface area contributed by atoms with Gasteiger partial charge in [0, 0.05) is 14.1 Å². The monoisotopic (exact) mass is 181 g/mol. The third-order valence-electron chi connectivity index (χ3n) is 1.48. The van der Waals surface area contributed by atoms with Crippen LogP contribution in [0.2, 0.25) is 0 Å². The molecule has 0 aliphatic heterocycles. The van der Waals surface area contributed by atoms with Crippen LogP contribution in [0, 0.1) is 0 Å². The van der Waals surface area contributed by atoms with Crippen molar-refractivity contribution >= 4 is 24.2 Å². The Kier molecular flexibility index (Phi) is 2.32. The van der Waals surface area contributed by atoms with Crippen LogP contribution < -0.4 is 16.2 Å². The number of anilines is 2. The summed E-state index contributed by atoms with van der Waals surface area (Å²) in [5, 5.41) is 0. The Morgan fingerprint density at radius 3 is 2.69 bits per heavy atom. The quantitative estimate of drug-likeness (QED) is 0.616. The molecule has 0 bridgehead atoms. The van der Waals surface area contributed by atoms with Crippen molar-refractivity contribution in [2.45, 2.75) is 0 Å². The van der Waals surface area contributed by atoms with Crippen molar-refractivity contribution in [2.75, 3.05) is 24.7 Å². The molecule has 1 rings (SSSR count). The summed E-state index contributed by atoms with van der Waals surface area (Å²) in [4.78, 5) is 22.7. The largest absolute Gasteiger partial charge is 0.369 e. The first-order valence-electron chi connectivity index (χ1n) is 3.60. The summed E-state index contributed by atoms with van der Waals surface area (Å²) < 4.78 is 0. The van der Waals surface area contributed by atoms with Crippen LogP contribution in [0.5, 0.6) is 0 Å². The summed E-state index contributed by atoms with van der Waals surface area (Å²) >= 11 is 0. The van der Waals surface area contributed by atoms with Crippen molar-refractivity contribution in [3.05, 3.63) is 10.4 Å². The fourth-order valence-electron chi connectivity index (χ4n) is 0.926. The predicted octanol–water partition coefficient (Wildman–Crippen LogP) is -0.250. The average Bonchev–Trinajstić information content (AvgIpc) is 2.02. The summed E-state index contributed by atoms with van der Waals surface area (Å²) in [5.74, 6) is 0.484. The van der Waals surface area contributed by atoms with Crippen molar-refractivity contribution in [1.29, 1.82) is 0 Å². The molecular formula is C7H11N5O. The summed E-state index contributed by atoms with van der Waals surface area (Å²) in [7, 11) is 3.49. The summed E-state index contributed by atoms with van der Waals surface area (Å²) in [6.07, 6.45) is 0. The van der Waals surface area contributed by atoms with Crippen molar-refractivity contribution in [3.63, 3.8) is 0 Å². The third kappa shape index (κ3) is 1.66. The highest BCUT2D eigenvalue weighted by Gasteiger charge is 2.09. The lowest BCUT2D eigenvalue weighted by molar-refractivity contribution is 1.03. The van der Waals surface area contributed by atoms with Crippen LogP contribution in [0.15, 0.2) is 9.79 Å². The Hall–Kier alpha value is -1.85. The molecule has 3 N–H and O–H groups in total. The first-order valence-corrected chi connectivity index (χ1v) is 3.60. The molecule has 6 heteroatoms. The van der Waals surface area contributed by atoms with E-state index in [0.717, 1.165) is 0 Å². The van der Waals surface area contributed by atoms with Crippen LogP contribution >= 0.6 is 0 Å². The SMILES string of the molecule is C=Nc1c(N(C)C)nc(N)[nH]c1=O. The van der Waals surface area contributed by atoms with E-state index in [0.29, 0.717) is 5.82 Å². The molecule has 0 aromatic carbocycles. The van der Waals surface area contributed by atoms with E-state index in [9.17, 15) is 4.79 Å². The fraction of sp³-hybridized carbons (Fsp3) is 0.286. The lowest BCUT2D eigenvalue weighted by atomic mass is 10.4.